The van der Waals surface area contributed by atoms with Crippen LogP contribution >= 0.6 is 23.1 Å². The maximum Gasteiger partial charge on any atom is 0.304 e. The SMILES string of the molecule is C[C@@H](O)c1cc([N+](=O)[O-])c(N2CCSCC2)s1. The van der Waals surface area contributed by atoms with Crippen LogP contribution in [-0.2, 0) is 0 Å². The number of hydrogen-bond acceptors (Lipinski definition) is 6. The number of thiophene rings is 1. The summed E-state index contributed by atoms with van der Waals surface area (Å²) >= 11 is 3.19. The molecule has 0 saturated carbocycles. The van der Waals surface area contributed by atoms with Crippen molar-refractivity contribution in [2.75, 3.05) is 29.5 Å². The minimum atomic E-state index is -0.647. The quantitative estimate of drug-likeness (QED) is 0.676. The third-order valence-electron chi connectivity index (χ3n) is 2.62. The molecule has 94 valence electrons. The maximum atomic E-state index is 11.0. The molecule has 1 saturated heterocycles. The summed E-state index contributed by atoms with van der Waals surface area (Å²) in [4.78, 5) is 13.3. The van der Waals surface area contributed by atoms with Crippen molar-refractivity contribution >= 4 is 33.8 Å². The second-order valence-electron chi connectivity index (χ2n) is 3.87. The van der Waals surface area contributed by atoms with Crippen LogP contribution in [0.4, 0.5) is 10.7 Å². The van der Waals surface area contributed by atoms with E-state index in [0.29, 0.717) is 9.88 Å². The molecular weight excluding hydrogens is 260 g/mol. The van der Waals surface area contributed by atoms with E-state index in [1.54, 1.807) is 6.92 Å². The Kier molecular flexibility index (Phi) is 3.90. The van der Waals surface area contributed by atoms with E-state index >= 15 is 0 Å². The fraction of sp³-hybridized carbons (Fsp3) is 0.600. The molecule has 0 aliphatic carbocycles. The van der Waals surface area contributed by atoms with Gasteiger partial charge in [0.2, 0.25) is 0 Å². The van der Waals surface area contributed by atoms with Crippen molar-refractivity contribution < 1.29 is 10.0 Å². The smallest absolute Gasteiger partial charge is 0.304 e. The summed E-state index contributed by atoms with van der Waals surface area (Å²) < 4.78 is 0. The lowest BCUT2D eigenvalue weighted by atomic mass is 10.3. The van der Waals surface area contributed by atoms with Gasteiger partial charge < -0.3 is 10.0 Å². The average Bonchev–Trinajstić information content (AvgIpc) is 2.75. The maximum absolute atomic E-state index is 11.0. The summed E-state index contributed by atoms with van der Waals surface area (Å²) in [5.74, 6) is 2.00. The molecular formula is C10H14N2O3S2. The number of anilines is 1. The topological polar surface area (TPSA) is 66.6 Å². The molecule has 1 fully saturated rings. The van der Waals surface area contributed by atoms with Crippen LogP contribution in [0.2, 0.25) is 0 Å². The van der Waals surface area contributed by atoms with E-state index in [-0.39, 0.29) is 10.6 Å². The lowest BCUT2D eigenvalue weighted by Crippen LogP contribution is -2.32. The van der Waals surface area contributed by atoms with E-state index in [1.165, 1.54) is 17.4 Å². The standard InChI is InChI=1S/C10H14N2O3S2/c1-7(13)9-6-8(12(14)15)10(17-9)11-2-4-16-5-3-11/h6-7,13H,2-5H2,1H3/t7-/m1/s1. The molecule has 0 aromatic carbocycles. The van der Waals surface area contributed by atoms with Gasteiger partial charge in [-0.1, -0.05) is 0 Å². The average molecular weight is 274 g/mol. The van der Waals surface area contributed by atoms with Crippen LogP contribution in [0.5, 0.6) is 0 Å². The van der Waals surface area contributed by atoms with Crippen LogP contribution < -0.4 is 4.90 Å². The molecule has 1 aromatic rings. The molecule has 1 aliphatic heterocycles. The first-order valence-electron chi connectivity index (χ1n) is 5.38. The van der Waals surface area contributed by atoms with Gasteiger partial charge in [-0.15, -0.1) is 11.3 Å². The Morgan fingerprint density at radius 1 is 1.53 bits per heavy atom. The highest BCUT2D eigenvalue weighted by atomic mass is 32.2. The van der Waals surface area contributed by atoms with Crippen molar-refractivity contribution in [1.29, 1.82) is 0 Å². The molecule has 0 amide bonds. The first-order valence-corrected chi connectivity index (χ1v) is 7.35. The van der Waals surface area contributed by atoms with Gasteiger partial charge in [-0.2, -0.15) is 11.8 Å². The first-order chi connectivity index (χ1) is 8.09. The van der Waals surface area contributed by atoms with E-state index in [0.717, 1.165) is 24.6 Å². The fourth-order valence-corrected chi connectivity index (χ4v) is 3.74. The number of aliphatic hydroxyl groups is 1. The van der Waals surface area contributed by atoms with Gasteiger partial charge >= 0.3 is 5.69 Å². The van der Waals surface area contributed by atoms with E-state index in [4.69, 9.17) is 0 Å². The van der Waals surface area contributed by atoms with Gasteiger partial charge in [0, 0.05) is 35.5 Å². The highest BCUT2D eigenvalue weighted by molar-refractivity contribution is 7.99. The van der Waals surface area contributed by atoms with Gasteiger partial charge in [-0.25, -0.2) is 0 Å². The van der Waals surface area contributed by atoms with Crippen LogP contribution in [0.3, 0.4) is 0 Å². The van der Waals surface area contributed by atoms with Gasteiger partial charge in [0.25, 0.3) is 0 Å². The predicted molar refractivity (Wildman–Crippen MR) is 71.1 cm³/mol. The Labute approximate surface area is 108 Å². The van der Waals surface area contributed by atoms with Crippen molar-refractivity contribution in [3.05, 3.63) is 21.1 Å². The molecule has 1 N–H and O–H groups in total. The molecule has 0 radical (unpaired) electrons. The van der Waals surface area contributed by atoms with Crippen LogP contribution in [0.15, 0.2) is 6.07 Å². The molecule has 7 heteroatoms. The molecule has 1 aromatic heterocycles. The Morgan fingerprint density at radius 2 is 2.18 bits per heavy atom. The number of thioether (sulfide) groups is 1. The number of hydrogen-bond donors (Lipinski definition) is 1. The third kappa shape index (κ3) is 2.72. The minimum Gasteiger partial charge on any atom is -0.388 e. The van der Waals surface area contributed by atoms with E-state index < -0.39 is 6.10 Å². The molecule has 1 aliphatic rings. The number of nitro groups is 1. The Bertz CT molecular complexity index is 414. The monoisotopic (exact) mass is 274 g/mol. The largest absolute Gasteiger partial charge is 0.388 e. The van der Waals surface area contributed by atoms with Crippen molar-refractivity contribution in [1.82, 2.24) is 0 Å². The summed E-state index contributed by atoms with van der Waals surface area (Å²) in [5, 5.41) is 21.2. The lowest BCUT2D eigenvalue weighted by molar-refractivity contribution is -0.383. The van der Waals surface area contributed by atoms with E-state index in [1.807, 2.05) is 16.7 Å². The zero-order valence-electron chi connectivity index (χ0n) is 9.46. The molecule has 5 nitrogen and oxygen atoms in total. The summed E-state index contributed by atoms with van der Waals surface area (Å²) in [6.07, 6.45) is -0.647. The third-order valence-corrected chi connectivity index (χ3v) is 4.92. The predicted octanol–water partition coefficient (Wildman–Crippen LogP) is 2.26. The molecule has 0 unspecified atom stereocenters. The van der Waals surface area contributed by atoms with Gasteiger partial charge in [0.1, 0.15) is 0 Å². The second kappa shape index (κ2) is 5.24. The van der Waals surface area contributed by atoms with Gasteiger partial charge in [-0.05, 0) is 6.92 Å². The van der Waals surface area contributed by atoms with Gasteiger partial charge in [-0.3, -0.25) is 10.1 Å². The Morgan fingerprint density at radius 3 is 2.71 bits per heavy atom. The first kappa shape index (κ1) is 12.7. The summed E-state index contributed by atoms with van der Waals surface area (Å²) in [6.45, 7) is 3.31. The van der Waals surface area contributed by atoms with Crippen LogP contribution in [-0.4, -0.2) is 34.6 Å². The van der Waals surface area contributed by atoms with E-state index in [9.17, 15) is 15.2 Å². The Balaban J connectivity index is 2.32. The zero-order chi connectivity index (χ0) is 12.4. The van der Waals surface area contributed by atoms with Gasteiger partial charge in [0.05, 0.1) is 11.0 Å². The molecule has 0 spiro atoms. The van der Waals surface area contributed by atoms with E-state index in [2.05, 4.69) is 0 Å². The molecule has 2 heterocycles. The summed E-state index contributed by atoms with van der Waals surface area (Å²) in [6, 6.07) is 1.49. The van der Waals surface area contributed by atoms with Crippen molar-refractivity contribution in [3.8, 4) is 0 Å². The summed E-state index contributed by atoms with van der Waals surface area (Å²) in [7, 11) is 0. The zero-order valence-corrected chi connectivity index (χ0v) is 11.1. The second-order valence-corrected chi connectivity index (χ2v) is 6.16. The molecule has 17 heavy (non-hydrogen) atoms. The van der Waals surface area contributed by atoms with Gasteiger partial charge in [0.15, 0.2) is 5.00 Å². The number of nitrogens with zero attached hydrogens (tertiary/aromatic N) is 2. The van der Waals surface area contributed by atoms with Crippen molar-refractivity contribution in [2.24, 2.45) is 0 Å². The highest BCUT2D eigenvalue weighted by Gasteiger charge is 2.26. The Hall–Kier alpha value is -0.790. The van der Waals surface area contributed by atoms with Crippen molar-refractivity contribution in [2.45, 2.75) is 13.0 Å². The number of rotatable bonds is 3. The normalized spacial score (nSPS) is 18.1. The summed E-state index contributed by atoms with van der Waals surface area (Å²) in [5.41, 5.74) is 0.123. The van der Waals surface area contributed by atoms with Crippen LogP contribution in [0, 0.1) is 10.1 Å². The van der Waals surface area contributed by atoms with Crippen molar-refractivity contribution in [3.63, 3.8) is 0 Å². The fourth-order valence-electron chi connectivity index (χ4n) is 1.72. The highest BCUT2D eigenvalue weighted by Crippen LogP contribution is 2.40. The van der Waals surface area contributed by atoms with Crippen LogP contribution in [0.25, 0.3) is 0 Å². The molecule has 2 rings (SSSR count). The number of aliphatic hydroxyl groups excluding tert-OH is 1. The molecule has 0 bridgehead atoms. The molecule has 1 atom stereocenters. The minimum absolute atomic E-state index is 0.123. The van der Waals surface area contributed by atoms with Crippen LogP contribution in [0.1, 0.15) is 17.9 Å². The lowest BCUT2D eigenvalue weighted by Gasteiger charge is -2.26.